The minimum absolute atomic E-state index is 0.176. The third kappa shape index (κ3) is 3.72. The molecule has 5 nitrogen and oxygen atoms in total. The molecule has 1 amide bonds. The van der Waals surface area contributed by atoms with Crippen LogP contribution in [0.15, 0.2) is 73.1 Å². The molecule has 1 aromatic heterocycles. The highest BCUT2D eigenvalue weighted by atomic mass is 16.5. The molecule has 1 aliphatic rings. The number of hydrogen-bond acceptors (Lipinski definition) is 4. The molecule has 0 bridgehead atoms. The van der Waals surface area contributed by atoms with E-state index in [0.717, 1.165) is 16.7 Å². The van der Waals surface area contributed by atoms with Crippen LogP contribution < -0.4 is 5.32 Å². The summed E-state index contributed by atoms with van der Waals surface area (Å²) in [5.74, 6) is -0.529. The molecule has 4 rings (SSSR count). The maximum atomic E-state index is 12.5. The number of carbonyl (C=O) groups excluding carboxylic acids is 2. The molecular formula is C22H18N2O3. The molecule has 0 saturated heterocycles. The van der Waals surface area contributed by atoms with E-state index in [-0.39, 0.29) is 18.0 Å². The van der Waals surface area contributed by atoms with Gasteiger partial charge >= 0.3 is 5.97 Å². The average Bonchev–Trinajstić information content (AvgIpc) is 2.73. The predicted molar refractivity (Wildman–Crippen MR) is 100 cm³/mol. The molecule has 2 aromatic carbocycles. The molecule has 27 heavy (non-hydrogen) atoms. The Morgan fingerprint density at radius 1 is 1.07 bits per heavy atom. The number of ether oxygens (including phenoxy) is 1. The van der Waals surface area contributed by atoms with Gasteiger partial charge in [0.05, 0.1) is 5.56 Å². The first-order valence-electron chi connectivity index (χ1n) is 8.76. The first-order chi connectivity index (χ1) is 13.2. The number of cyclic esters (lactones) is 1. The zero-order valence-electron chi connectivity index (χ0n) is 14.6. The molecule has 1 N–H and O–H groups in total. The first-order valence-corrected chi connectivity index (χ1v) is 8.76. The fourth-order valence-electron chi connectivity index (χ4n) is 3.18. The molecule has 2 heterocycles. The summed E-state index contributed by atoms with van der Waals surface area (Å²) in [6, 6.07) is 18.5. The zero-order chi connectivity index (χ0) is 18.6. The van der Waals surface area contributed by atoms with E-state index in [4.69, 9.17) is 4.74 Å². The monoisotopic (exact) mass is 358 g/mol. The van der Waals surface area contributed by atoms with Gasteiger partial charge in [0.25, 0.3) is 5.91 Å². The van der Waals surface area contributed by atoms with Crippen LogP contribution in [0.2, 0.25) is 0 Å². The molecule has 1 atom stereocenters. The first kappa shape index (κ1) is 17.0. The zero-order valence-corrected chi connectivity index (χ0v) is 14.6. The van der Waals surface area contributed by atoms with Crippen molar-refractivity contribution in [3.8, 4) is 0 Å². The largest absolute Gasteiger partial charge is 0.454 e. The van der Waals surface area contributed by atoms with Crippen LogP contribution >= 0.6 is 0 Å². The third-order valence-electron chi connectivity index (χ3n) is 4.62. The molecule has 0 spiro atoms. The Bertz CT molecular complexity index is 971. The highest BCUT2D eigenvalue weighted by Crippen LogP contribution is 2.31. The van der Waals surface area contributed by atoms with E-state index in [2.05, 4.69) is 10.3 Å². The molecule has 1 aliphatic heterocycles. The normalized spacial score (nSPS) is 15.6. The number of esters is 1. The van der Waals surface area contributed by atoms with Crippen molar-refractivity contribution in [2.75, 3.05) is 0 Å². The summed E-state index contributed by atoms with van der Waals surface area (Å²) in [4.78, 5) is 28.8. The molecular weight excluding hydrogens is 340 g/mol. The minimum atomic E-state index is -0.353. The predicted octanol–water partition coefficient (Wildman–Crippen LogP) is 3.47. The number of aromatic nitrogens is 1. The number of hydrogen-bond donors (Lipinski definition) is 1. The summed E-state index contributed by atoms with van der Waals surface area (Å²) in [5.41, 5.74) is 3.81. The summed E-state index contributed by atoms with van der Waals surface area (Å²) in [6.07, 6.45) is 3.60. The van der Waals surface area contributed by atoms with Crippen molar-refractivity contribution in [2.45, 2.75) is 19.1 Å². The lowest BCUT2D eigenvalue weighted by atomic mass is 9.93. The molecule has 5 heteroatoms. The fraction of sp³-hybridized carbons (Fsp3) is 0.136. The van der Waals surface area contributed by atoms with Gasteiger partial charge in [-0.3, -0.25) is 9.78 Å². The van der Waals surface area contributed by atoms with Gasteiger partial charge < -0.3 is 10.1 Å². The van der Waals surface area contributed by atoms with Crippen molar-refractivity contribution in [1.82, 2.24) is 10.3 Å². The quantitative estimate of drug-likeness (QED) is 0.725. The number of benzene rings is 2. The number of amides is 1. The van der Waals surface area contributed by atoms with Crippen LogP contribution in [-0.4, -0.2) is 16.9 Å². The Morgan fingerprint density at radius 3 is 2.63 bits per heavy atom. The van der Waals surface area contributed by atoms with E-state index < -0.39 is 0 Å². The standard InChI is InChI=1S/C22H18N2O3/c25-21(24-14-15-8-10-23-11-9-15)17-6-7-19-18(12-17)13-20(27-22(19)26)16-4-2-1-3-5-16/h1-12,20H,13-14H2,(H,24,25)/t20-/m1/s1. The van der Waals surface area contributed by atoms with E-state index in [1.54, 1.807) is 30.6 Å². The van der Waals surface area contributed by atoms with Crippen LogP contribution in [0.25, 0.3) is 0 Å². The van der Waals surface area contributed by atoms with Gasteiger partial charge in [-0.05, 0) is 47.0 Å². The van der Waals surface area contributed by atoms with Gasteiger partial charge in [0, 0.05) is 30.9 Å². The second-order valence-corrected chi connectivity index (χ2v) is 6.42. The summed E-state index contributed by atoms with van der Waals surface area (Å²) in [5, 5.41) is 2.89. The van der Waals surface area contributed by atoms with Crippen molar-refractivity contribution < 1.29 is 14.3 Å². The van der Waals surface area contributed by atoms with E-state index in [1.807, 2.05) is 42.5 Å². The van der Waals surface area contributed by atoms with Crippen LogP contribution in [-0.2, 0) is 17.7 Å². The van der Waals surface area contributed by atoms with Crippen LogP contribution in [0.3, 0.4) is 0 Å². The van der Waals surface area contributed by atoms with Crippen molar-refractivity contribution in [1.29, 1.82) is 0 Å². The number of pyridine rings is 1. The summed E-state index contributed by atoms with van der Waals surface area (Å²) in [6.45, 7) is 0.424. The topological polar surface area (TPSA) is 68.3 Å². The molecule has 0 unspecified atom stereocenters. The number of nitrogens with zero attached hydrogens (tertiary/aromatic N) is 1. The van der Waals surface area contributed by atoms with E-state index >= 15 is 0 Å². The number of nitrogens with one attached hydrogen (secondary N) is 1. The molecule has 134 valence electrons. The van der Waals surface area contributed by atoms with Crippen LogP contribution in [0.1, 0.15) is 43.5 Å². The maximum Gasteiger partial charge on any atom is 0.339 e. The van der Waals surface area contributed by atoms with Crippen LogP contribution in [0, 0.1) is 0 Å². The van der Waals surface area contributed by atoms with E-state index in [9.17, 15) is 9.59 Å². The fourth-order valence-corrected chi connectivity index (χ4v) is 3.18. The lowest BCUT2D eigenvalue weighted by molar-refractivity contribution is 0.0252. The summed E-state index contributed by atoms with van der Waals surface area (Å²) < 4.78 is 5.56. The maximum absolute atomic E-state index is 12.5. The average molecular weight is 358 g/mol. The van der Waals surface area contributed by atoms with Gasteiger partial charge in [-0.15, -0.1) is 0 Å². The SMILES string of the molecule is O=C(NCc1ccncc1)c1ccc2c(c1)C[C@H](c1ccccc1)OC2=O. The Balaban J connectivity index is 1.52. The third-order valence-corrected chi connectivity index (χ3v) is 4.62. The molecule has 0 saturated carbocycles. The van der Waals surface area contributed by atoms with Gasteiger partial charge in [0.15, 0.2) is 0 Å². The van der Waals surface area contributed by atoms with Gasteiger partial charge in [-0.25, -0.2) is 4.79 Å². The molecule has 3 aromatic rings. The molecule has 0 radical (unpaired) electrons. The van der Waals surface area contributed by atoms with Gasteiger partial charge in [-0.1, -0.05) is 30.3 Å². The van der Waals surface area contributed by atoms with E-state index in [1.165, 1.54) is 0 Å². The van der Waals surface area contributed by atoms with Gasteiger partial charge in [0.1, 0.15) is 6.10 Å². The van der Waals surface area contributed by atoms with Crippen molar-refractivity contribution in [3.05, 3.63) is 101 Å². The van der Waals surface area contributed by atoms with Gasteiger partial charge in [0.2, 0.25) is 0 Å². The Kier molecular flexibility index (Phi) is 4.66. The van der Waals surface area contributed by atoms with Crippen LogP contribution in [0.4, 0.5) is 0 Å². The summed E-state index contributed by atoms with van der Waals surface area (Å²) in [7, 11) is 0. The van der Waals surface area contributed by atoms with Gasteiger partial charge in [-0.2, -0.15) is 0 Å². The minimum Gasteiger partial charge on any atom is -0.454 e. The highest BCUT2D eigenvalue weighted by Gasteiger charge is 2.28. The van der Waals surface area contributed by atoms with Crippen molar-refractivity contribution in [3.63, 3.8) is 0 Å². The summed E-state index contributed by atoms with van der Waals surface area (Å²) >= 11 is 0. The second-order valence-electron chi connectivity index (χ2n) is 6.42. The molecule has 0 aliphatic carbocycles. The van der Waals surface area contributed by atoms with Crippen LogP contribution in [0.5, 0.6) is 0 Å². The molecule has 0 fully saturated rings. The van der Waals surface area contributed by atoms with E-state index in [0.29, 0.717) is 24.1 Å². The number of carbonyl (C=O) groups is 2. The number of rotatable bonds is 4. The Hall–Kier alpha value is -3.47. The Morgan fingerprint density at radius 2 is 1.85 bits per heavy atom. The van der Waals surface area contributed by atoms with Crippen molar-refractivity contribution >= 4 is 11.9 Å². The lowest BCUT2D eigenvalue weighted by Gasteiger charge is -2.25. The lowest BCUT2D eigenvalue weighted by Crippen LogP contribution is -2.25. The van der Waals surface area contributed by atoms with Crippen molar-refractivity contribution in [2.24, 2.45) is 0 Å². The second kappa shape index (κ2) is 7.41. The highest BCUT2D eigenvalue weighted by molar-refractivity contribution is 5.97. The Labute approximate surface area is 157 Å². The number of fused-ring (bicyclic) bond motifs is 1. The smallest absolute Gasteiger partial charge is 0.339 e.